The average Bonchev–Trinajstić information content (AvgIpc) is 3.00. The summed E-state index contributed by atoms with van der Waals surface area (Å²) in [5, 5.41) is 4.75. The highest BCUT2D eigenvalue weighted by molar-refractivity contribution is 6.30. The summed E-state index contributed by atoms with van der Waals surface area (Å²) in [6, 6.07) is 0. The molecule has 1 fully saturated rings. The Hall–Kier alpha value is -0.870. The fourth-order valence-electron chi connectivity index (χ4n) is 1.97. The summed E-state index contributed by atoms with van der Waals surface area (Å²) in [5.41, 5.74) is 7.04. The van der Waals surface area contributed by atoms with Crippen LogP contribution in [0.2, 0.25) is 5.15 Å². The first-order valence-electron chi connectivity index (χ1n) is 5.41. The van der Waals surface area contributed by atoms with Gasteiger partial charge in [-0.2, -0.15) is 5.10 Å². The molecular formula is C11H16ClN3O. The van der Waals surface area contributed by atoms with Crippen molar-refractivity contribution in [3.8, 4) is 0 Å². The largest absolute Gasteiger partial charge is 0.329 e. The highest BCUT2D eigenvalue weighted by Gasteiger charge is 2.47. The highest BCUT2D eigenvalue weighted by Crippen LogP contribution is 2.46. The fourth-order valence-corrected chi connectivity index (χ4v) is 2.21. The van der Waals surface area contributed by atoms with Crippen LogP contribution in [-0.2, 0) is 18.3 Å². The number of hydrogen-bond donors (Lipinski definition) is 1. The molecule has 0 aromatic carbocycles. The van der Waals surface area contributed by atoms with E-state index in [-0.39, 0.29) is 11.2 Å². The van der Waals surface area contributed by atoms with Gasteiger partial charge in [0.15, 0.2) is 0 Å². The van der Waals surface area contributed by atoms with Gasteiger partial charge in [0, 0.05) is 31.0 Å². The van der Waals surface area contributed by atoms with Crippen LogP contribution in [0, 0.1) is 12.3 Å². The molecule has 0 aliphatic heterocycles. The first kappa shape index (κ1) is 11.6. The molecule has 1 aliphatic rings. The van der Waals surface area contributed by atoms with Gasteiger partial charge in [-0.25, -0.2) is 0 Å². The molecule has 0 amide bonds. The van der Waals surface area contributed by atoms with E-state index in [0.29, 0.717) is 18.1 Å². The van der Waals surface area contributed by atoms with E-state index in [2.05, 4.69) is 5.10 Å². The number of hydrogen-bond acceptors (Lipinski definition) is 3. The van der Waals surface area contributed by atoms with Gasteiger partial charge in [0.1, 0.15) is 10.9 Å². The maximum Gasteiger partial charge on any atom is 0.144 e. The standard InChI is InChI=1S/C11H16ClN3O/c1-7-8(10(12)15(2)14-7)5-9(16)11(6-13)3-4-11/h3-6,13H2,1-2H3. The summed E-state index contributed by atoms with van der Waals surface area (Å²) in [7, 11) is 1.78. The fraction of sp³-hybridized carbons (Fsp3) is 0.636. The monoisotopic (exact) mass is 241 g/mol. The minimum Gasteiger partial charge on any atom is -0.329 e. The van der Waals surface area contributed by atoms with Gasteiger partial charge in [-0.15, -0.1) is 0 Å². The average molecular weight is 242 g/mol. The summed E-state index contributed by atoms with van der Waals surface area (Å²) in [5.74, 6) is 0.202. The molecule has 0 saturated heterocycles. The normalized spacial score (nSPS) is 17.5. The number of rotatable bonds is 4. The number of carbonyl (C=O) groups excluding carboxylic acids is 1. The number of nitrogens with zero attached hydrogens (tertiary/aromatic N) is 2. The SMILES string of the molecule is Cc1nn(C)c(Cl)c1CC(=O)C1(CN)CC1. The Balaban J connectivity index is 2.18. The predicted octanol–water partition coefficient (Wildman–Crippen LogP) is 1.23. The second-order valence-corrected chi connectivity index (χ2v) is 4.92. The van der Waals surface area contributed by atoms with Crippen LogP contribution in [0.3, 0.4) is 0 Å². The number of halogens is 1. The molecule has 16 heavy (non-hydrogen) atoms. The van der Waals surface area contributed by atoms with Gasteiger partial charge in [0.25, 0.3) is 0 Å². The van der Waals surface area contributed by atoms with Crippen LogP contribution in [-0.4, -0.2) is 22.1 Å². The molecule has 1 aromatic heterocycles. The molecule has 88 valence electrons. The molecule has 1 heterocycles. The van der Waals surface area contributed by atoms with Crippen molar-refractivity contribution in [2.75, 3.05) is 6.54 Å². The molecule has 0 spiro atoms. The van der Waals surface area contributed by atoms with E-state index < -0.39 is 0 Å². The third-order valence-corrected chi connectivity index (χ3v) is 3.92. The van der Waals surface area contributed by atoms with E-state index in [1.807, 2.05) is 6.92 Å². The van der Waals surface area contributed by atoms with Gasteiger partial charge in [-0.3, -0.25) is 9.48 Å². The van der Waals surface area contributed by atoms with E-state index in [0.717, 1.165) is 24.1 Å². The van der Waals surface area contributed by atoms with Crippen molar-refractivity contribution in [1.82, 2.24) is 9.78 Å². The van der Waals surface area contributed by atoms with E-state index in [1.165, 1.54) is 0 Å². The molecule has 0 bridgehead atoms. The lowest BCUT2D eigenvalue weighted by Crippen LogP contribution is -2.26. The maximum absolute atomic E-state index is 12.1. The van der Waals surface area contributed by atoms with Crippen LogP contribution in [0.4, 0.5) is 0 Å². The number of ketones is 1. The molecule has 0 atom stereocenters. The molecule has 0 radical (unpaired) electrons. The lowest BCUT2D eigenvalue weighted by molar-refractivity contribution is -0.123. The number of carbonyl (C=O) groups is 1. The molecular weight excluding hydrogens is 226 g/mol. The van der Waals surface area contributed by atoms with Gasteiger partial charge in [0.05, 0.1) is 5.69 Å². The van der Waals surface area contributed by atoms with E-state index >= 15 is 0 Å². The van der Waals surface area contributed by atoms with Crippen molar-refractivity contribution >= 4 is 17.4 Å². The van der Waals surface area contributed by atoms with Crippen molar-refractivity contribution in [2.45, 2.75) is 26.2 Å². The van der Waals surface area contributed by atoms with Gasteiger partial charge >= 0.3 is 0 Å². The van der Waals surface area contributed by atoms with Gasteiger partial charge in [-0.1, -0.05) is 11.6 Å². The second-order valence-electron chi connectivity index (χ2n) is 4.56. The lowest BCUT2D eigenvalue weighted by atomic mass is 9.95. The molecule has 1 saturated carbocycles. The minimum atomic E-state index is -0.258. The van der Waals surface area contributed by atoms with Crippen LogP contribution < -0.4 is 5.73 Å². The highest BCUT2D eigenvalue weighted by atomic mass is 35.5. The van der Waals surface area contributed by atoms with E-state index in [4.69, 9.17) is 17.3 Å². The minimum absolute atomic E-state index is 0.202. The van der Waals surface area contributed by atoms with Gasteiger partial charge in [0.2, 0.25) is 0 Å². The van der Waals surface area contributed by atoms with Crippen LogP contribution in [0.1, 0.15) is 24.1 Å². The third kappa shape index (κ3) is 1.76. The first-order chi connectivity index (χ1) is 7.50. The number of Topliss-reactive ketones (excluding diaryl/α,β-unsaturated/α-hetero) is 1. The Labute approximate surface area is 99.8 Å². The predicted molar refractivity (Wildman–Crippen MR) is 62.4 cm³/mol. The molecule has 2 N–H and O–H groups in total. The maximum atomic E-state index is 12.1. The summed E-state index contributed by atoms with van der Waals surface area (Å²) >= 11 is 6.09. The van der Waals surface area contributed by atoms with Crippen molar-refractivity contribution in [3.63, 3.8) is 0 Å². The third-order valence-electron chi connectivity index (χ3n) is 3.44. The van der Waals surface area contributed by atoms with Crippen LogP contribution in [0.15, 0.2) is 0 Å². The Morgan fingerprint density at radius 1 is 1.62 bits per heavy atom. The van der Waals surface area contributed by atoms with Crippen molar-refractivity contribution in [2.24, 2.45) is 18.2 Å². The Morgan fingerprint density at radius 2 is 2.25 bits per heavy atom. The zero-order valence-corrected chi connectivity index (χ0v) is 10.3. The summed E-state index contributed by atoms with van der Waals surface area (Å²) < 4.78 is 1.60. The van der Waals surface area contributed by atoms with Gasteiger partial charge < -0.3 is 5.73 Å². The Bertz CT molecular complexity index is 435. The zero-order chi connectivity index (χ0) is 11.9. The Morgan fingerprint density at radius 3 is 2.62 bits per heavy atom. The van der Waals surface area contributed by atoms with E-state index in [9.17, 15) is 4.79 Å². The molecule has 1 aliphatic carbocycles. The topological polar surface area (TPSA) is 60.9 Å². The number of aryl methyl sites for hydroxylation is 2. The van der Waals surface area contributed by atoms with Crippen molar-refractivity contribution in [3.05, 3.63) is 16.4 Å². The van der Waals surface area contributed by atoms with Crippen LogP contribution >= 0.6 is 11.6 Å². The molecule has 2 rings (SSSR count). The molecule has 5 heteroatoms. The molecule has 4 nitrogen and oxygen atoms in total. The zero-order valence-electron chi connectivity index (χ0n) is 9.59. The molecule has 1 aromatic rings. The quantitative estimate of drug-likeness (QED) is 0.863. The van der Waals surface area contributed by atoms with Crippen LogP contribution in [0.25, 0.3) is 0 Å². The van der Waals surface area contributed by atoms with Crippen molar-refractivity contribution in [1.29, 1.82) is 0 Å². The number of nitrogens with two attached hydrogens (primary N) is 1. The second kappa shape index (κ2) is 3.86. The summed E-state index contributed by atoms with van der Waals surface area (Å²) in [6.45, 7) is 2.32. The molecule has 0 unspecified atom stereocenters. The number of aromatic nitrogens is 2. The van der Waals surface area contributed by atoms with Crippen molar-refractivity contribution < 1.29 is 4.79 Å². The van der Waals surface area contributed by atoms with E-state index in [1.54, 1.807) is 11.7 Å². The van der Waals surface area contributed by atoms with Crippen LogP contribution in [0.5, 0.6) is 0 Å². The first-order valence-corrected chi connectivity index (χ1v) is 5.79. The van der Waals surface area contributed by atoms with Gasteiger partial charge in [-0.05, 0) is 19.8 Å². The lowest BCUT2D eigenvalue weighted by Gasteiger charge is -2.10. The Kier molecular flexibility index (Phi) is 2.80. The smallest absolute Gasteiger partial charge is 0.144 e. The summed E-state index contributed by atoms with van der Waals surface area (Å²) in [4.78, 5) is 12.1. The summed E-state index contributed by atoms with van der Waals surface area (Å²) in [6.07, 6.45) is 2.19.